The first kappa shape index (κ1) is 20.6. The fraction of sp³-hybridized carbons (Fsp3) is 0.174. The van der Waals surface area contributed by atoms with Gasteiger partial charge in [0.15, 0.2) is 0 Å². The molecule has 1 heterocycles. The van der Waals surface area contributed by atoms with Crippen LogP contribution in [-0.2, 0) is 11.3 Å². The highest BCUT2D eigenvalue weighted by atomic mass is 32.2. The number of hydrogen-bond donors (Lipinski definition) is 1. The third-order valence-corrected chi connectivity index (χ3v) is 5.32. The van der Waals surface area contributed by atoms with Gasteiger partial charge in [-0.05, 0) is 61.0 Å². The molecule has 6 heteroatoms. The molecular weight excluding hydrogens is 382 g/mol. The van der Waals surface area contributed by atoms with Crippen molar-refractivity contribution in [3.05, 3.63) is 84.1 Å². The van der Waals surface area contributed by atoms with Crippen molar-refractivity contribution in [1.82, 2.24) is 9.88 Å². The molecule has 29 heavy (non-hydrogen) atoms. The van der Waals surface area contributed by atoms with E-state index in [2.05, 4.69) is 10.3 Å². The number of aromatic nitrogens is 1. The first-order valence-electron chi connectivity index (χ1n) is 9.40. The highest BCUT2D eigenvalue weighted by Crippen LogP contribution is 2.25. The number of amides is 2. The third kappa shape index (κ3) is 5.93. The number of hydrogen-bond acceptors (Lipinski definition) is 4. The van der Waals surface area contributed by atoms with Crippen LogP contribution in [0.2, 0.25) is 0 Å². The lowest BCUT2D eigenvalue weighted by Crippen LogP contribution is -2.27. The van der Waals surface area contributed by atoms with E-state index in [4.69, 9.17) is 0 Å². The summed E-state index contributed by atoms with van der Waals surface area (Å²) in [5.74, 6) is -0.138. The molecule has 0 bridgehead atoms. The minimum absolute atomic E-state index is 0.0330. The number of carbonyl (C=O) groups is 2. The van der Waals surface area contributed by atoms with Crippen LogP contribution in [-0.4, -0.2) is 28.2 Å². The van der Waals surface area contributed by atoms with E-state index in [9.17, 15) is 9.59 Å². The average Bonchev–Trinajstić information content (AvgIpc) is 2.73. The SMILES string of the molecule is CCN(Cc1cccc(NC(=O)c2ccc(Sc3ccccn3)cc2)c1)C(C)=O. The van der Waals surface area contributed by atoms with Crippen LogP contribution in [0, 0.1) is 0 Å². The number of nitrogens with zero attached hydrogens (tertiary/aromatic N) is 2. The molecule has 148 valence electrons. The number of carbonyl (C=O) groups excluding carboxylic acids is 2. The van der Waals surface area contributed by atoms with E-state index in [0.717, 1.165) is 15.5 Å². The zero-order valence-electron chi connectivity index (χ0n) is 16.5. The summed E-state index contributed by atoms with van der Waals surface area (Å²) in [7, 11) is 0. The summed E-state index contributed by atoms with van der Waals surface area (Å²) in [6, 6.07) is 20.8. The summed E-state index contributed by atoms with van der Waals surface area (Å²) < 4.78 is 0. The number of anilines is 1. The van der Waals surface area contributed by atoms with Gasteiger partial charge in [0.05, 0.1) is 0 Å². The summed E-state index contributed by atoms with van der Waals surface area (Å²) in [6.45, 7) is 4.68. The smallest absolute Gasteiger partial charge is 0.255 e. The molecule has 0 atom stereocenters. The van der Waals surface area contributed by atoms with Gasteiger partial charge in [0.1, 0.15) is 5.03 Å². The molecule has 0 radical (unpaired) electrons. The van der Waals surface area contributed by atoms with E-state index in [0.29, 0.717) is 24.3 Å². The summed E-state index contributed by atoms with van der Waals surface area (Å²) in [4.78, 5) is 31.3. The van der Waals surface area contributed by atoms with Crippen molar-refractivity contribution in [3.63, 3.8) is 0 Å². The maximum Gasteiger partial charge on any atom is 0.255 e. The lowest BCUT2D eigenvalue weighted by Gasteiger charge is -2.19. The number of pyridine rings is 1. The van der Waals surface area contributed by atoms with Crippen LogP contribution in [0.3, 0.4) is 0 Å². The third-order valence-electron chi connectivity index (χ3n) is 4.36. The Hall–Kier alpha value is -3.12. The fourth-order valence-electron chi connectivity index (χ4n) is 2.82. The fourth-order valence-corrected chi connectivity index (χ4v) is 3.59. The Balaban J connectivity index is 1.64. The van der Waals surface area contributed by atoms with Gasteiger partial charge in [-0.25, -0.2) is 4.98 Å². The predicted molar refractivity (Wildman–Crippen MR) is 116 cm³/mol. The number of benzene rings is 2. The highest BCUT2D eigenvalue weighted by Gasteiger charge is 2.10. The summed E-state index contributed by atoms with van der Waals surface area (Å²) in [6.07, 6.45) is 1.76. The molecule has 0 aliphatic rings. The Morgan fingerprint density at radius 2 is 1.83 bits per heavy atom. The molecule has 1 aromatic heterocycles. The van der Waals surface area contributed by atoms with Crippen LogP contribution in [0.1, 0.15) is 29.8 Å². The lowest BCUT2D eigenvalue weighted by molar-refractivity contribution is -0.129. The van der Waals surface area contributed by atoms with E-state index >= 15 is 0 Å². The number of nitrogens with one attached hydrogen (secondary N) is 1. The van der Waals surface area contributed by atoms with Crippen molar-refractivity contribution in [2.75, 3.05) is 11.9 Å². The van der Waals surface area contributed by atoms with Gasteiger partial charge in [0.25, 0.3) is 5.91 Å². The largest absolute Gasteiger partial charge is 0.339 e. The van der Waals surface area contributed by atoms with Crippen molar-refractivity contribution < 1.29 is 9.59 Å². The van der Waals surface area contributed by atoms with Crippen LogP contribution in [0.25, 0.3) is 0 Å². The molecule has 3 rings (SSSR count). The minimum Gasteiger partial charge on any atom is -0.339 e. The van der Waals surface area contributed by atoms with Gasteiger partial charge in [-0.15, -0.1) is 0 Å². The van der Waals surface area contributed by atoms with E-state index in [1.54, 1.807) is 41.9 Å². The molecule has 0 fully saturated rings. The van der Waals surface area contributed by atoms with Crippen LogP contribution in [0.5, 0.6) is 0 Å². The predicted octanol–water partition coefficient (Wildman–Crippen LogP) is 4.85. The van der Waals surface area contributed by atoms with E-state index in [1.807, 2.05) is 61.5 Å². The van der Waals surface area contributed by atoms with Gasteiger partial charge in [-0.2, -0.15) is 0 Å². The standard InChI is InChI=1S/C23H23N3O2S/c1-3-26(17(2)27)16-18-7-6-8-20(15-18)25-23(28)19-10-12-21(13-11-19)29-22-9-4-5-14-24-22/h4-15H,3,16H2,1-2H3,(H,25,28). The second-order valence-corrected chi connectivity index (χ2v) is 7.58. The molecule has 0 spiro atoms. The Labute approximate surface area is 175 Å². The van der Waals surface area contributed by atoms with Gasteiger partial charge in [0, 0.05) is 42.4 Å². The van der Waals surface area contributed by atoms with Crippen molar-refractivity contribution in [2.24, 2.45) is 0 Å². The van der Waals surface area contributed by atoms with E-state index in [1.165, 1.54) is 0 Å². The van der Waals surface area contributed by atoms with Crippen molar-refractivity contribution in [2.45, 2.75) is 30.3 Å². The average molecular weight is 406 g/mol. The van der Waals surface area contributed by atoms with Gasteiger partial charge in [0.2, 0.25) is 5.91 Å². The lowest BCUT2D eigenvalue weighted by atomic mass is 10.1. The maximum absolute atomic E-state index is 12.6. The first-order chi connectivity index (χ1) is 14.0. The second kappa shape index (κ2) is 9.89. The Morgan fingerprint density at radius 3 is 2.48 bits per heavy atom. The van der Waals surface area contributed by atoms with Crippen molar-refractivity contribution in [1.29, 1.82) is 0 Å². The van der Waals surface area contributed by atoms with E-state index < -0.39 is 0 Å². The van der Waals surface area contributed by atoms with Gasteiger partial charge in [-0.3, -0.25) is 9.59 Å². The molecule has 0 aliphatic carbocycles. The molecule has 0 saturated heterocycles. The first-order valence-corrected chi connectivity index (χ1v) is 10.2. The second-order valence-electron chi connectivity index (χ2n) is 6.48. The molecule has 1 N–H and O–H groups in total. The van der Waals surface area contributed by atoms with Gasteiger partial charge in [-0.1, -0.05) is 30.0 Å². The Kier molecular flexibility index (Phi) is 7.03. The minimum atomic E-state index is -0.171. The molecule has 0 aliphatic heterocycles. The molecular formula is C23H23N3O2S. The van der Waals surface area contributed by atoms with Crippen molar-refractivity contribution in [3.8, 4) is 0 Å². The molecule has 2 amide bonds. The maximum atomic E-state index is 12.6. The van der Waals surface area contributed by atoms with Gasteiger partial charge < -0.3 is 10.2 Å². The molecule has 3 aromatic rings. The van der Waals surface area contributed by atoms with Crippen LogP contribution in [0.15, 0.2) is 82.8 Å². The van der Waals surface area contributed by atoms with Gasteiger partial charge >= 0.3 is 0 Å². The summed E-state index contributed by atoms with van der Waals surface area (Å²) >= 11 is 1.55. The zero-order chi connectivity index (χ0) is 20.6. The molecule has 5 nitrogen and oxygen atoms in total. The Morgan fingerprint density at radius 1 is 1.03 bits per heavy atom. The number of rotatable bonds is 7. The Bertz CT molecular complexity index is 975. The summed E-state index contributed by atoms with van der Waals surface area (Å²) in [5.41, 5.74) is 2.26. The monoisotopic (exact) mass is 405 g/mol. The topological polar surface area (TPSA) is 62.3 Å². The van der Waals surface area contributed by atoms with Crippen LogP contribution >= 0.6 is 11.8 Å². The molecule has 2 aromatic carbocycles. The normalized spacial score (nSPS) is 10.4. The summed E-state index contributed by atoms with van der Waals surface area (Å²) in [5, 5.41) is 3.84. The quantitative estimate of drug-likeness (QED) is 0.610. The molecule has 0 unspecified atom stereocenters. The zero-order valence-corrected chi connectivity index (χ0v) is 17.3. The van der Waals surface area contributed by atoms with Crippen LogP contribution < -0.4 is 5.32 Å². The highest BCUT2D eigenvalue weighted by molar-refractivity contribution is 7.99. The van der Waals surface area contributed by atoms with Crippen LogP contribution in [0.4, 0.5) is 5.69 Å². The molecule has 0 saturated carbocycles. The van der Waals surface area contributed by atoms with Crippen molar-refractivity contribution >= 4 is 29.3 Å². The van der Waals surface area contributed by atoms with E-state index in [-0.39, 0.29) is 11.8 Å².